The lowest BCUT2D eigenvalue weighted by Gasteiger charge is -2.40. The van der Waals surface area contributed by atoms with Crippen LogP contribution in [0.4, 0.5) is 0 Å². The lowest BCUT2D eigenvalue weighted by atomic mass is 9.95. The summed E-state index contributed by atoms with van der Waals surface area (Å²) in [6.07, 6.45) is 1.29. The van der Waals surface area contributed by atoms with Crippen LogP contribution >= 0.6 is 0 Å². The summed E-state index contributed by atoms with van der Waals surface area (Å²) in [5.41, 5.74) is 9.00. The van der Waals surface area contributed by atoms with Crippen LogP contribution in [0, 0.1) is 6.92 Å². The number of nitrogens with zero attached hydrogens (tertiary/aromatic N) is 1. The van der Waals surface area contributed by atoms with Gasteiger partial charge in [-0.3, -0.25) is 4.90 Å². The summed E-state index contributed by atoms with van der Waals surface area (Å²) in [7, 11) is 0. The van der Waals surface area contributed by atoms with Gasteiger partial charge in [0, 0.05) is 19.1 Å². The molecule has 1 heterocycles. The van der Waals surface area contributed by atoms with Gasteiger partial charge in [0.2, 0.25) is 0 Å². The van der Waals surface area contributed by atoms with E-state index in [1.807, 2.05) is 0 Å². The molecule has 0 aromatic heterocycles. The Hall–Kier alpha value is -0.900. The maximum Gasteiger partial charge on any atom is 0.0674 e. The molecule has 2 rings (SSSR count). The standard InChI is InChI=1S/C16H26N2O/c1-4-15(17)16(14-7-5-12(2)6-8-14)18-9-10-19-13(3)11-18/h5-8,13,15-16H,4,9-11,17H2,1-3H3. The maximum atomic E-state index is 6.38. The Morgan fingerprint density at radius 3 is 2.63 bits per heavy atom. The Labute approximate surface area is 116 Å². The van der Waals surface area contributed by atoms with Crippen LogP contribution < -0.4 is 5.73 Å². The molecular formula is C16H26N2O. The van der Waals surface area contributed by atoms with Gasteiger partial charge in [-0.15, -0.1) is 0 Å². The van der Waals surface area contributed by atoms with Gasteiger partial charge in [0.1, 0.15) is 0 Å². The van der Waals surface area contributed by atoms with Gasteiger partial charge in [-0.05, 0) is 25.8 Å². The van der Waals surface area contributed by atoms with Gasteiger partial charge in [0.05, 0.1) is 18.8 Å². The number of ether oxygens (including phenoxy) is 1. The molecule has 1 aromatic carbocycles. The van der Waals surface area contributed by atoms with Gasteiger partial charge in [-0.25, -0.2) is 0 Å². The Balaban J connectivity index is 2.22. The molecule has 2 N–H and O–H groups in total. The average Bonchev–Trinajstić information content (AvgIpc) is 2.41. The Morgan fingerprint density at radius 2 is 2.05 bits per heavy atom. The van der Waals surface area contributed by atoms with E-state index in [0.717, 1.165) is 26.1 Å². The molecule has 0 saturated carbocycles. The van der Waals surface area contributed by atoms with Gasteiger partial charge in [0.25, 0.3) is 0 Å². The predicted molar refractivity (Wildman–Crippen MR) is 79.2 cm³/mol. The van der Waals surface area contributed by atoms with Crippen LogP contribution in [0.3, 0.4) is 0 Å². The lowest BCUT2D eigenvalue weighted by molar-refractivity contribution is -0.0386. The van der Waals surface area contributed by atoms with Crippen LogP contribution in [-0.4, -0.2) is 36.7 Å². The van der Waals surface area contributed by atoms with Gasteiger partial charge in [-0.1, -0.05) is 36.8 Å². The zero-order chi connectivity index (χ0) is 13.8. The third kappa shape index (κ3) is 3.56. The Morgan fingerprint density at radius 1 is 1.37 bits per heavy atom. The number of rotatable bonds is 4. The van der Waals surface area contributed by atoms with Crippen molar-refractivity contribution in [2.75, 3.05) is 19.7 Å². The van der Waals surface area contributed by atoms with Crippen LogP contribution in [0.2, 0.25) is 0 Å². The predicted octanol–water partition coefficient (Wildman–Crippen LogP) is 2.49. The molecule has 0 radical (unpaired) electrons. The second kappa shape index (κ2) is 6.51. The SMILES string of the molecule is CCC(N)C(c1ccc(C)cc1)N1CCOC(C)C1. The van der Waals surface area contributed by atoms with Crippen LogP contribution in [-0.2, 0) is 4.74 Å². The van der Waals surface area contributed by atoms with E-state index >= 15 is 0 Å². The second-order valence-electron chi connectivity index (χ2n) is 5.60. The van der Waals surface area contributed by atoms with Crippen LogP contribution in [0.5, 0.6) is 0 Å². The van der Waals surface area contributed by atoms with Crippen molar-refractivity contribution >= 4 is 0 Å². The highest BCUT2D eigenvalue weighted by atomic mass is 16.5. The smallest absolute Gasteiger partial charge is 0.0674 e. The van der Waals surface area contributed by atoms with E-state index in [1.165, 1.54) is 11.1 Å². The molecule has 1 saturated heterocycles. The van der Waals surface area contributed by atoms with E-state index in [9.17, 15) is 0 Å². The van der Waals surface area contributed by atoms with Crippen LogP contribution in [0.1, 0.15) is 37.4 Å². The van der Waals surface area contributed by atoms with E-state index < -0.39 is 0 Å². The molecule has 0 aliphatic carbocycles. The van der Waals surface area contributed by atoms with E-state index in [1.54, 1.807) is 0 Å². The lowest BCUT2D eigenvalue weighted by Crippen LogP contribution is -2.48. The zero-order valence-electron chi connectivity index (χ0n) is 12.3. The molecule has 1 aliphatic heterocycles. The minimum atomic E-state index is 0.174. The van der Waals surface area contributed by atoms with Crippen molar-refractivity contribution < 1.29 is 4.74 Å². The van der Waals surface area contributed by atoms with Gasteiger partial charge in [0.15, 0.2) is 0 Å². The quantitative estimate of drug-likeness (QED) is 0.906. The highest BCUT2D eigenvalue weighted by Crippen LogP contribution is 2.27. The Bertz CT molecular complexity index is 390. The third-order valence-corrected chi connectivity index (χ3v) is 3.96. The summed E-state index contributed by atoms with van der Waals surface area (Å²) in [5.74, 6) is 0. The van der Waals surface area contributed by atoms with Gasteiger partial charge >= 0.3 is 0 Å². The summed E-state index contributed by atoms with van der Waals surface area (Å²) < 4.78 is 5.64. The van der Waals surface area contributed by atoms with Crippen LogP contribution in [0.25, 0.3) is 0 Å². The van der Waals surface area contributed by atoms with Crippen molar-refractivity contribution in [3.63, 3.8) is 0 Å². The van der Waals surface area contributed by atoms with E-state index in [0.29, 0.717) is 12.1 Å². The van der Waals surface area contributed by atoms with Gasteiger partial charge < -0.3 is 10.5 Å². The summed E-state index contributed by atoms with van der Waals surface area (Å²) in [5, 5.41) is 0. The zero-order valence-corrected chi connectivity index (χ0v) is 12.3. The number of hydrogen-bond donors (Lipinski definition) is 1. The molecule has 3 unspecified atom stereocenters. The molecule has 0 spiro atoms. The molecule has 106 valence electrons. The van der Waals surface area contributed by atoms with Crippen molar-refractivity contribution in [2.24, 2.45) is 5.73 Å². The first-order valence-electron chi connectivity index (χ1n) is 7.29. The van der Waals surface area contributed by atoms with E-state index in [4.69, 9.17) is 10.5 Å². The first-order chi connectivity index (χ1) is 9.11. The van der Waals surface area contributed by atoms with Crippen molar-refractivity contribution in [3.05, 3.63) is 35.4 Å². The molecule has 3 atom stereocenters. The average molecular weight is 262 g/mol. The van der Waals surface area contributed by atoms with Gasteiger partial charge in [-0.2, -0.15) is 0 Å². The largest absolute Gasteiger partial charge is 0.376 e. The minimum Gasteiger partial charge on any atom is -0.376 e. The first-order valence-corrected chi connectivity index (χ1v) is 7.29. The summed E-state index contributed by atoms with van der Waals surface area (Å²) in [6, 6.07) is 9.26. The second-order valence-corrected chi connectivity index (χ2v) is 5.60. The highest BCUT2D eigenvalue weighted by Gasteiger charge is 2.29. The van der Waals surface area contributed by atoms with E-state index in [-0.39, 0.29) is 6.04 Å². The third-order valence-electron chi connectivity index (χ3n) is 3.96. The highest BCUT2D eigenvalue weighted by molar-refractivity contribution is 5.25. The summed E-state index contributed by atoms with van der Waals surface area (Å²) in [6.45, 7) is 9.16. The number of nitrogens with two attached hydrogens (primary N) is 1. The normalized spacial score (nSPS) is 24.1. The minimum absolute atomic E-state index is 0.174. The van der Waals surface area contributed by atoms with Crippen LogP contribution in [0.15, 0.2) is 24.3 Å². The molecule has 3 nitrogen and oxygen atoms in total. The fourth-order valence-electron chi connectivity index (χ4n) is 2.81. The van der Waals surface area contributed by atoms with Crippen molar-refractivity contribution in [1.82, 2.24) is 4.90 Å². The fraction of sp³-hybridized carbons (Fsp3) is 0.625. The molecule has 1 aromatic rings. The molecule has 1 fully saturated rings. The molecule has 0 bridgehead atoms. The molecule has 0 amide bonds. The molecule has 3 heteroatoms. The fourth-order valence-corrected chi connectivity index (χ4v) is 2.81. The number of hydrogen-bond acceptors (Lipinski definition) is 3. The topological polar surface area (TPSA) is 38.5 Å². The number of aryl methyl sites for hydroxylation is 1. The summed E-state index contributed by atoms with van der Waals surface area (Å²) in [4.78, 5) is 2.48. The molecular weight excluding hydrogens is 236 g/mol. The number of benzene rings is 1. The Kier molecular flexibility index (Phi) is 4.97. The van der Waals surface area contributed by atoms with E-state index in [2.05, 4.69) is 49.9 Å². The van der Waals surface area contributed by atoms with Crippen molar-refractivity contribution in [1.29, 1.82) is 0 Å². The summed E-state index contributed by atoms with van der Waals surface area (Å²) >= 11 is 0. The van der Waals surface area contributed by atoms with Crippen molar-refractivity contribution in [3.8, 4) is 0 Å². The monoisotopic (exact) mass is 262 g/mol. The maximum absolute atomic E-state index is 6.38. The molecule has 1 aliphatic rings. The first kappa shape index (κ1) is 14.5. The van der Waals surface area contributed by atoms with Crippen molar-refractivity contribution in [2.45, 2.75) is 45.4 Å². The number of morpholine rings is 1. The molecule has 19 heavy (non-hydrogen) atoms.